The number of aliphatic carboxylic acids is 2. The number of hydrogen-bond acceptors (Lipinski definition) is 6. The Morgan fingerprint density at radius 3 is 2.61 bits per heavy atom. The number of aliphatic hydroxyl groups is 1. The fourth-order valence-corrected chi connectivity index (χ4v) is 1.24. The van der Waals surface area contributed by atoms with E-state index in [0.717, 1.165) is 0 Å². The Balaban J connectivity index is 2.76. The van der Waals surface area contributed by atoms with Gasteiger partial charge in [-0.1, -0.05) is 0 Å². The summed E-state index contributed by atoms with van der Waals surface area (Å²) in [4.78, 5) is 25.1. The quantitative estimate of drug-likeness (QED) is 0.370. The minimum Gasteiger partial charge on any atom is -0.480 e. The highest BCUT2D eigenvalue weighted by molar-refractivity contribution is 5.75. The first-order valence-electron chi connectivity index (χ1n) is 5.05. The van der Waals surface area contributed by atoms with Gasteiger partial charge in [-0.2, -0.15) is 0 Å². The van der Waals surface area contributed by atoms with E-state index in [1.807, 2.05) is 0 Å². The maximum Gasteiger partial charge on any atom is 0.330 e. The Morgan fingerprint density at radius 1 is 1.44 bits per heavy atom. The van der Waals surface area contributed by atoms with Crippen molar-refractivity contribution < 1.29 is 24.9 Å². The molecule has 100 valence electrons. The van der Waals surface area contributed by atoms with E-state index < -0.39 is 30.6 Å². The van der Waals surface area contributed by atoms with E-state index in [4.69, 9.17) is 21.1 Å². The van der Waals surface area contributed by atoms with Gasteiger partial charge in [0.1, 0.15) is 12.4 Å². The molecule has 0 bridgehead atoms. The molecular weight excluding hydrogens is 244 g/mol. The first kappa shape index (κ1) is 13.9. The maximum absolute atomic E-state index is 10.7. The van der Waals surface area contributed by atoms with E-state index in [0.29, 0.717) is 5.69 Å². The molecule has 9 nitrogen and oxygen atoms in total. The molecule has 0 fully saturated rings. The zero-order chi connectivity index (χ0) is 13.7. The lowest BCUT2D eigenvalue weighted by molar-refractivity contribution is -0.140. The van der Waals surface area contributed by atoms with Crippen LogP contribution in [0.3, 0.4) is 0 Å². The Hall–Kier alpha value is -2.13. The average molecular weight is 258 g/mol. The Bertz CT molecular complexity index is 432. The van der Waals surface area contributed by atoms with Crippen LogP contribution in [0.1, 0.15) is 5.69 Å². The molecule has 2 atom stereocenters. The van der Waals surface area contributed by atoms with Crippen LogP contribution in [0.4, 0.5) is 0 Å². The number of rotatable bonds is 7. The summed E-state index contributed by atoms with van der Waals surface area (Å²) in [7, 11) is 0. The summed E-state index contributed by atoms with van der Waals surface area (Å²) in [5.41, 5.74) is 8.25. The van der Waals surface area contributed by atoms with Crippen molar-refractivity contribution in [3.8, 4) is 0 Å². The van der Waals surface area contributed by atoms with E-state index in [1.165, 1.54) is 17.2 Å². The predicted molar refractivity (Wildman–Crippen MR) is 59.4 cm³/mol. The van der Waals surface area contributed by atoms with Crippen LogP contribution in [0, 0.1) is 0 Å². The molecule has 0 radical (unpaired) electrons. The van der Waals surface area contributed by atoms with Gasteiger partial charge in [0.25, 0.3) is 0 Å². The van der Waals surface area contributed by atoms with Gasteiger partial charge in [-0.15, -0.1) is 0 Å². The van der Waals surface area contributed by atoms with Crippen molar-refractivity contribution in [1.82, 2.24) is 9.66 Å². The van der Waals surface area contributed by atoms with Crippen molar-refractivity contribution in [3.05, 3.63) is 18.2 Å². The molecule has 0 amide bonds. The van der Waals surface area contributed by atoms with Gasteiger partial charge in [-0.25, -0.2) is 9.78 Å². The molecule has 1 heterocycles. The lowest BCUT2D eigenvalue weighted by Gasteiger charge is -2.16. The van der Waals surface area contributed by atoms with Crippen LogP contribution >= 0.6 is 0 Å². The molecular formula is C9H14N4O5. The van der Waals surface area contributed by atoms with Crippen molar-refractivity contribution >= 4 is 11.9 Å². The molecule has 0 unspecified atom stereocenters. The molecule has 0 saturated carbocycles. The van der Waals surface area contributed by atoms with E-state index in [1.54, 1.807) is 0 Å². The highest BCUT2D eigenvalue weighted by Gasteiger charge is 2.19. The number of carboxylic acids is 2. The predicted octanol–water partition coefficient (Wildman–Crippen LogP) is -2.17. The van der Waals surface area contributed by atoms with Crippen molar-refractivity contribution in [3.63, 3.8) is 0 Å². The van der Waals surface area contributed by atoms with Gasteiger partial charge >= 0.3 is 11.9 Å². The second kappa shape index (κ2) is 5.98. The summed E-state index contributed by atoms with van der Waals surface area (Å²) in [6, 6.07) is -2.32. The number of aromatic nitrogens is 2. The highest BCUT2D eigenvalue weighted by atomic mass is 16.4. The summed E-state index contributed by atoms with van der Waals surface area (Å²) in [5.74, 6) is -2.40. The van der Waals surface area contributed by atoms with Crippen LogP contribution in [0.2, 0.25) is 0 Å². The van der Waals surface area contributed by atoms with Gasteiger partial charge in [-0.3, -0.25) is 9.47 Å². The molecule has 0 aromatic carbocycles. The van der Waals surface area contributed by atoms with Crippen molar-refractivity contribution in [1.29, 1.82) is 0 Å². The molecule has 1 rings (SSSR count). The third kappa shape index (κ3) is 3.43. The van der Waals surface area contributed by atoms with Crippen LogP contribution in [0.15, 0.2) is 12.5 Å². The third-order valence-corrected chi connectivity index (χ3v) is 2.24. The van der Waals surface area contributed by atoms with Crippen LogP contribution < -0.4 is 11.2 Å². The normalized spacial score (nSPS) is 13.9. The molecule has 9 heteroatoms. The molecule has 1 aromatic heterocycles. The number of carbonyl (C=O) groups is 2. The summed E-state index contributed by atoms with van der Waals surface area (Å²) >= 11 is 0. The highest BCUT2D eigenvalue weighted by Crippen LogP contribution is 2.02. The molecule has 0 aliphatic carbocycles. The van der Waals surface area contributed by atoms with E-state index in [2.05, 4.69) is 10.4 Å². The van der Waals surface area contributed by atoms with E-state index in [-0.39, 0.29) is 6.42 Å². The second-order valence-corrected chi connectivity index (χ2v) is 3.61. The number of imidazole rings is 1. The number of carboxylic acid groups (broad SMARTS) is 2. The van der Waals surface area contributed by atoms with Crippen LogP contribution in [-0.4, -0.2) is 55.6 Å². The monoisotopic (exact) mass is 258 g/mol. The topological polar surface area (TPSA) is 151 Å². The Labute approximate surface area is 102 Å². The minimum absolute atomic E-state index is 0.0138. The van der Waals surface area contributed by atoms with Crippen LogP contribution in [0.5, 0.6) is 0 Å². The van der Waals surface area contributed by atoms with Gasteiger partial charge in [0.05, 0.1) is 18.5 Å². The lowest BCUT2D eigenvalue weighted by atomic mass is 10.2. The van der Waals surface area contributed by atoms with Gasteiger partial charge in [0.2, 0.25) is 0 Å². The van der Waals surface area contributed by atoms with Crippen LogP contribution in [-0.2, 0) is 16.0 Å². The molecule has 1 aromatic rings. The summed E-state index contributed by atoms with van der Waals surface area (Å²) in [5, 5.41) is 26.3. The molecule has 6 N–H and O–H groups in total. The maximum atomic E-state index is 10.7. The third-order valence-electron chi connectivity index (χ3n) is 2.24. The number of nitrogens with one attached hydrogen (secondary N) is 1. The standard InChI is InChI=1S/C9H14N4O5/c10-6(8(15)16)1-5-2-11-4-13(5)12-7(3-14)9(17)18/h2,4,6-7,12,14H,1,3,10H2,(H,15,16)(H,17,18)/t6-,7-/m0/s1. The summed E-state index contributed by atoms with van der Waals surface area (Å²) in [6.07, 6.45) is 2.63. The number of nitrogens with zero attached hydrogens (tertiary/aromatic N) is 2. The fourth-order valence-electron chi connectivity index (χ4n) is 1.24. The van der Waals surface area contributed by atoms with Gasteiger partial charge in [0.15, 0.2) is 6.04 Å². The zero-order valence-corrected chi connectivity index (χ0v) is 9.35. The van der Waals surface area contributed by atoms with Crippen molar-refractivity contribution in [2.75, 3.05) is 12.0 Å². The van der Waals surface area contributed by atoms with Gasteiger partial charge in [0, 0.05) is 6.42 Å². The fraction of sp³-hybridized carbons (Fsp3) is 0.444. The smallest absolute Gasteiger partial charge is 0.330 e. The van der Waals surface area contributed by atoms with Crippen molar-refractivity contribution in [2.24, 2.45) is 5.73 Å². The Morgan fingerprint density at radius 2 is 2.11 bits per heavy atom. The number of aliphatic hydroxyl groups excluding tert-OH is 1. The molecule has 18 heavy (non-hydrogen) atoms. The molecule has 0 aliphatic heterocycles. The van der Waals surface area contributed by atoms with Crippen molar-refractivity contribution in [2.45, 2.75) is 18.5 Å². The van der Waals surface area contributed by atoms with Gasteiger partial charge in [-0.05, 0) is 0 Å². The number of hydrogen-bond donors (Lipinski definition) is 5. The first-order valence-corrected chi connectivity index (χ1v) is 5.05. The molecule has 0 aliphatic rings. The zero-order valence-electron chi connectivity index (χ0n) is 9.35. The summed E-state index contributed by atoms with van der Waals surface area (Å²) in [6.45, 7) is -0.613. The SMILES string of the molecule is N[C@@H](Cc1cncn1N[C@@H](CO)C(=O)O)C(=O)O. The first-order chi connectivity index (χ1) is 8.45. The second-order valence-electron chi connectivity index (χ2n) is 3.61. The average Bonchev–Trinajstić information content (AvgIpc) is 2.72. The number of nitrogens with two attached hydrogens (primary N) is 1. The molecule has 0 saturated heterocycles. The van der Waals surface area contributed by atoms with Crippen LogP contribution in [0.25, 0.3) is 0 Å². The minimum atomic E-state index is -1.24. The lowest BCUT2D eigenvalue weighted by Crippen LogP contribution is -2.40. The van der Waals surface area contributed by atoms with E-state index >= 15 is 0 Å². The van der Waals surface area contributed by atoms with E-state index in [9.17, 15) is 9.59 Å². The largest absolute Gasteiger partial charge is 0.480 e. The Kier molecular flexibility index (Phi) is 4.63. The van der Waals surface area contributed by atoms with Gasteiger partial charge < -0.3 is 26.5 Å². The summed E-state index contributed by atoms with van der Waals surface area (Å²) < 4.78 is 1.23. The molecule has 0 spiro atoms.